The summed E-state index contributed by atoms with van der Waals surface area (Å²) < 4.78 is 0. The minimum atomic E-state index is 0.201. The van der Waals surface area contributed by atoms with Crippen molar-refractivity contribution in [2.24, 2.45) is 11.8 Å². The molecule has 1 rings (SSSR count). The van der Waals surface area contributed by atoms with E-state index in [1.54, 1.807) is 0 Å². The molecule has 0 spiro atoms. The van der Waals surface area contributed by atoms with Gasteiger partial charge < -0.3 is 5.32 Å². The second-order valence-corrected chi connectivity index (χ2v) is 4.96. The Labute approximate surface area is 104 Å². The van der Waals surface area contributed by atoms with Crippen molar-refractivity contribution in [1.29, 1.82) is 0 Å². The van der Waals surface area contributed by atoms with Crippen molar-refractivity contribution in [3.63, 3.8) is 0 Å². The molecule has 17 heavy (non-hydrogen) atoms. The molecule has 1 aromatic rings. The molecule has 0 radical (unpaired) electrons. The predicted octanol–water partition coefficient (Wildman–Crippen LogP) is 3.98. The SMILES string of the molecule is CCC(=O)c1ccc(NCC(C)C(C)C)cc1. The molecule has 0 heterocycles. The third-order valence-electron chi connectivity index (χ3n) is 3.29. The van der Waals surface area contributed by atoms with Crippen LogP contribution in [-0.4, -0.2) is 12.3 Å². The lowest BCUT2D eigenvalue weighted by Gasteiger charge is -2.17. The molecule has 0 fully saturated rings. The maximum atomic E-state index is 11.5. The summed E-state index contributed by atoms with van der Waals surface area (Å²) in [6.45, 7) is 9.56. The monoisotopic (exact) mass is 233 g/mol. The Bertz CT molecular complexity index is 354. The van der Waals surface area contributed by atoms with Crippen molar-refractivity contribution < 1.29 is 4.79 Å². The first-order valence-corrected chi connectivity index (χ1v) is 6.41. The average molecular weight is 233 g/mol. The van der Waals surface area contributed by atoms with Crippen LogP contribution in [0, 0.1) is 11.8 Å². The first-order valence-electron chi connectivity index (χ1n) is 6.41. The van der Waals surface area contributed by atoms with Crippen LogP contribution < -0.4 is 5.32 Å². The lowest BCUT2D eigenvalue weighted by atomic mass is 9.98. The summed E-state index contributed by atoms with van der Waals surface area (Å²) in [6, 6.07) is 7.76. The largest absolute Gasteiger partial charge is 0.385 e. The molecule has 0 aliphatic heterocycles. The van der Waals surface area contributed by atoms with Crippen molar-refractivity contribution in [2.75, 3.05) is 11.9 Å². The van der Waals surface area contributed by atoms with Gasteiger partial charge in [0.05, 0.1) is 0 Å². The number of rotatable bonds is 6. The number of carbonyl (C=O) groups excluding carboxylic acids is 1. The quantitative estimate of drug-likeness (QED) is 0.753. The van der Waals surface area contributed by atoms with Crippen LogP contribution in [0.25, 0.3) is 0 Å². The number of anilines is 1. The molecule has 1 aromatic carbocycles. The highest BCUT2D eigenvalue weighted by Gasteiger charge is 2.07. The molecule has 1 atom stereocenters. The molecule has 0 saturated heterocycles. The molecule has 2 heteroatoms. The van der Waals surface area contributed by atoms with E-state index in [0.717, 1.165) is 17.8 Å². The fraction of sp³-hybridized carbons (Fsp3) is 0.533. The van der Waals surface area contributed by atoms with E-state index in [1.165, 1.54) is 0 Å². The summed E-state index contributed by atoms with van der Waals surface area (Å²) >= 11 is 0. The summed E-state index contributed by atoms with van der Waals surface area (Å²) in [4.78, 5) is 11.5. The second-order valence-electron chi connectivity index (χ2n) is 4.96. The molecule has 94 valence electrons. The summed E-state index contributed by atoms with van der Waals surface area (Å²) in [6.07, 6.45) is 0.567. The summed E-state index contributed by atoms with van der Waals surface area (Å²) in [5.41, 5.74) is 1.89. The topological polar surface area (TPSA) is 29.1 Å². The fourth-order valence-electron chi connectivity index (χ4n) is 1.49. The van der Waals surface area contributed by atoms with E-state index in [4.69, 9.17) is 0 Å². The van der Waals surface area contributed by atoms with Gasteiger partial charge in [0.15, 0.2) is 5.78 Å². The van der Waals surface area contributed by atoms with Crippen molar-refractivity contribution in [3.8, 4) is 0 Å². The second kappa shape index (κ2) is 6.43. The lowest BCUT2D eigenvalue weighted by molar-refractivity contribution is 0.0988. The Kier molecular flexibility index (Phi) is 5.20. The number of Topliss-reactive ketones (excluding diaryl/α,β-unsaturated/α-hetero) is 1. The van der Waals surface area contributed by atoms with Gasteiger partial charge in [-0.15, -0.1) is 0 Å². The third-order valence-corrected chi connectivity index (χ3v) is 3.29. The number of nitrogens with one attached hydrogen (secondary N) is 1. The number of hydrogen-bond donors (Lipinski definition) is 1. The zero-order valence-corrected chi connectivity index (χ0v) is 11.3. The predicted molar refractivity (Wildman–Crippen MR) is 73.6 cm³/mol. The van der Waals surface area contributed by atoms with Gasteiger partial charge in [0, 0.05) is 24.2 Å². The van der Waals surface area contributed by atoms with E-state index in [9.17, 15) is 4.79 Å². The summed E-state index contributed by atoms with van der Waals surface area (Å²) in [5.74, 6) is 1.53. The van der Waals surface area contributed by atoms with E-state index in [0.29, 0.717) is 18.3 Å². The molecule has 1 unspecified atom stereocenters. The average Bonchev–Trinajstić information content (AvgIpc) is 2.35. The zero-order chi connectivity index (χ0) is 12.8. The molecular weight excluding hydrogens is 210 g/mol. The molecule has 0 amide bonds. The Hall–Kier alpha value is -1.31. The van der Waals surface area contributed by atoms with E-state index in [2.05, 4.69) is 26.1 Å². The van der Waals surface area contributed by atoms with Gasteiger partial charge in [0.2, 0.25) is 0 Å². The van der Waals surface area contributed by atoms with Gasteiger partial charge in [-0.25, -0.2) is 0 Å². The summed E-state index contributed by atoms with van der Waals surface area (Å²) in [7, 11) is 0. The van der Waals surface area contributed by atoms with Gasteiger partial charge in [-0.2, -0.15) is 0 Å². The van der Waals surface area contributed by atoms with Crippen LogP contribution in [0.5, 0.6) is 0 Å². The fourth-order valence-corrected chi connectivity index (χ4v) is 1.49. The summed E-state index contributed by atoms with van der Waals surface area (Å²) in [5, 5.41) is 3.40. The van der Waals surface area contributed by atoms with Crippen molar-refractivity contribution in [3.05, 3.63) is 29.8 Å². The van der Waals surface area contributed by atoms with Crippen LogP contribution in [0.2, 0.25) is 0 Å². The van der Waals surface area contributed by atoms with Crippen LogP contribution in [-0.2, 0) is 0 Å². The number of carbonyl (C=O) groups is 1. The molecular formula is C15H23NO. The third kappa shape index (κ3) is 4.22. The normalized spacial score (nSPS) is 12.5. The molecule has 0 bridgehead atoms. The first kappa shape index (κ1) is 13.8. The van der Waals surface area contributed by atoms with Crippen molar-refractivity contribution >= 4 is 11.5 Å². The first-order chi connectivity index (χ1) is 8.04. The van der Waals surface area contributed by atoms with Crippen LogP contribution in [0.4, 0.5) is 5.69 Å². The van der Waals surface area contributed by atoms with E-state index in [1.807, 2.05) is 31.2 Å². The van der Waals surface area contributed by atoms with Crippen LogP contribution in [0.1, 0.15) is 44.5 Å². The van der Waals surface area contributed by atoms with Crippen molar-refractivity contribution in [1.82, 2.24) is 0 Å². The molecule has 0 saturated carbocycles. The van der Waals surface area contributed by atoms with Crippen molar-refractivity contribution in [2.45, 2.75) is 34.1 Å². The molecule has 1 N–H and O–H groups in total. The highest BCUT2D eigenvalue weighted by Crippen LogP contribution is 2.14. The molecule has 2 nitrogen and oxygen atoms in total. The standard InChI is InChI=1S/C15H23NO/c1-5-15(17)13-6-8-14(9-7-13)16-10-12(4)11(2)3/h6-9,11-12,16H,5,10H2,1-4H3. The van der Waals surface area contributed by atoms with Gasteiger partial charge >= 0.3 is 0 Å². The Morgan fingerprint density at radius 1 is 1.18 bits per heavy atom. The Morgan fingerprint density at radius 2 is 1.76 bits per heavy atom. The maximum Gasteiger partial charge on any atom is 0.162 e. The smallest absolute Gasteiger partial charge is 0.162 e. The van der Waals surface area contributed by atoms with Gasteiger partial charge in [-0.3, -0.25) is 4.79 Å². The number of hydrogen-bond acceptors (Lipinski definition) is 2. The highest BCUT2D eigenvalue weighted by atomic mass is 16.1. The maximum absolute atomic E-state index is 11.5. The Balaban J connectivity index is 2.54. The number of benzene rings is 1. The van der Waals surface area contributed by atoms with Gasteiger partial charge in [0.1, 0.15) is 0 Å². The van der Waals surface area contributed by atoms with Crippen LogP contribution in [0.15, 0.2) is 24.3 Å². The van der Waals surface area contributed by atoms with Gasteiger partial charge in [-0.05, 0) is 36.1 Å². The Morgan fingerprint density at radius 3 is 2.24 bits per heavy atom. The lowest BCUT2D eigenvalue weighted by Crippen LogP contribution is -2.16. The van der Waals surface area contributed by atoms with Crippen LogP contribution in [0.3, 0.4) is 0 Å². The van der Waals surface area contributed by atoms with E-state index in [-0.39, 0.29) is 5.78 Å². The van der Waals surface area contributed by atoms with Gasteiger partial charge in [-0.1, -0.05) is 27.7 Å². The van der Waals surface area contributed by atoms with Gasteiger partial charge in [0.25, 0.3) is 0 Å². The van der Waals surface area contributed by atoms with E-state index < -0.39 is 0 Å². The number of ketones is 1. The minimum Gasteiger partial charge on any atom is -0.385 e. The zero-order valence-electron chi connectivity index (χ0n) is 11.3. The van der Waals surface area contributed by atoms with Crippen LogP contribution >= 0.6 is 0 Å². The molecule has 0 aromatic heterocycles. The van der Waals surface area contributed by atoms with E-state index >= 15 is 0 Å². The molecule has 0 aliphatic carbocycles. The molecule has 0 aliphatic rings. The highest BCUT2D eigenvalue weighted by molar-refractivity contribution is 5.96. The minimum absolute atomic E-state index is 0.201.